The summed E-state index contributed by atoms with van der Waals surface area (Å²) in [6, 6.07) is 8.27. The van der Waals surface area contributed by atoms with Crippen LogP contribution in [0.4, 0.5) is 17.5 Å². The molecule has 0 saturated carbocycles. The summed E-state index contributed by atoms with van der Waals surface area (Å²) < 4.78 is 3.27. The molecule has 1 saturated heterocycles. The Hall–Kier alpha value is -2.71. The zero-order valence-corrected chi connectivity index (χ0v) is 23.8. The number of amides is 1. The molecule has 2 aliphatic rings. The van der Waals surface area contributed by atoms with E-state index in [0.717, 1.165) is 61.1 Å². The predicted octanol–water partition coefficient (Wildman–Crippen LogP) is 3.45. The molecule has 0 spiro atoms. The van der Waals surface area contributed by atoms with Gasteiger partial charge in [0.05, 0.1) is 0 Å². The number of nitrogens with zero attached hydrogens (tertiary/aromatic N) is 6. The summed E-state index contributed by atoms with van der Waals surface area (Å²) >= 11 is 0.0833. The minimum Gasteiger partial charge on any atom is -0.813 e. The molecule has 2 N–H and O–H groups in total. The Balaban J connectivity index is 0.00000320. The number of hydrogen-bond donors (Lipinski definition) is 2. The number of pyridine rings is 2. The number of carbonyl (C=O) groups excluding carboxylic acids is 1. The van der Waals surface area contributed by atoms with Crippen LogP contribution in [-0.2, 0) is 26.6 Å². The number of anilines is 3. The normalized spacial score (nSPS) is 19.0. The van der Waals surface area contributed by atoms with Crippen LogP contribution in [0.25, 0.3) is 0 Å². The Morgan fingerprint density at radius 1 is 1.11 bits per heavy atom. The van der Waals surface area contributed by atoms with Gasteiger partial charge in [0, 0.05) is 23.3 Å². The van der Waals surface area contributed by atoms with Crippen molar-refractivity contribution in [1.29, 1.82) is 0 Å². The van der Waals surface area contributed by atoms with Crippen LogP contribution in [0, 0.1) is 13.8 Å². The summed E-state index contributed by atoms with van der Waals surface area (Å²) in [6.45, 7) is 8.54. The van der Waals surface area contributed by atoms with Crippen molar-refractivity contribution in [1.82, 2.24) is 29.7 Å². The van der Waals surface area contributed by atoms with Gasteiger partial charge in [0.15, 0.2) is 0 Å². The van der Waals surface area contributed by atoms with Gasteiger partial charge in [-0.1, -0.05) is 0 Å². The molecule has 2 aliphatic heterocycles. The van der Waals surface area contributed by atoms with Crippen LogP contribution in [0.3, 0.4) is 0 Å². The molecule has 2 atom stereocenters. The first-order valence-electron chi connectivity index (χ1n) is 12.5. The fraction of sp³-hybridized carbons (Fsp3) is 0.423. The van der Waals surface area contributed by atoms with E-state index in [9.17, 15) is 4.79 Å². The summed E-state index contributed by atoms with van der Waals surface area (Å²) in [4.78, 5) is 35.9. The molecule has 1 amide bonds. The van der Waals surface area contributed by atoms with Crippen molar-refractivity contribution in [3.05, 3.63) is 64.9 Å². The number of aryl methyl sites for hydroxylation is 2. The zero-order valence-electron chi connectivity index (χ0n) is 21.8. The largest absolute Gasteiger partial charge is 0.813 e. The molecule has 5 heterocycles. The van der Waals surface area contributed by atoms with Crippen LogP contribution in [0.1, 0.15) is 52.8 Å². The van der Waals surface area contributed by atoms with Crippen LogP contribution in [-0.4, -0.2) is 69.7 Å². The summed E-state index contributed by atoms with van der Waals surface area (Å²) in [5.74, 6) is 3.58. The number of carbonyl (C=O) groups is 1. The van der Waals surface area contributed by atoms with Gasteiger partial charge in [0.2, 0.25) is 5.95 Å². The Labute approximate surface area is 231 Å². The smallest absolute Gasteiger partial charge is 0.813 e. The average Bonchev–Trinajstić information content (AvgIpc) is 3.27. The molecule has 0 aliphatic carbocycles. The zero-order chi connectivity index (χ0) is 25.2. The molecule has 11 heteroatoms. The quantitative estimate of drug-likeness (QED) is 0.281. The minimum absolute atomic E-state index is 0. The number of rotatable bonds is 6. The maximum Gasteiger partial charge on any atom is -0.813 e. The van der Waals surface area contributed by atoms with E-state index >= 15 is 0 Å². The molecule has 5 rings (SSSR count). The summed E-state index contributed by atoms with van der Waals surface area (Å²) in [5, 5.41) is 3.33. The Kier molecular flexibility index (Phi) is 8.70. The van der Waals surface area contributed by atoms with E-state index in [0.29, 0.717) is 17.6 Å². The van der Waals surface area contributed by atoms with Gasteiger partial charge >= 0.3 is 143 Å². The maximum absolute atomic E-state index is 13.2. The number of fused-ring (bicyclic) bond motifs is 1. The Morgan fingerprint density at radius 2 is 1.89 bits per heavy atom. The van der Waals surface area contributed by atoms with Gasteiger partial charge < -0.3 is 18.8 Å². The second kappa shape index (κ2) is 11.8. The van der Waals surface area contributed by atoms with Crippen LogP contribution < -0.4 is 9.62 Å². The van der Waals surface area contributed by atoms with Gasteiger partial charge in [-0.05, 0) is 26.0 Å². The van der Waals surface area contributed by atoms with E-state index in [2.05, 4.69) is 42.2 Å². The fourth-order valence-electron chi connectivity index (χ4n) is 5.27. The van der Waals surface area contributed by atoms with Crippen molar-refractivity contribution in [3.8, 4) is 0 Å². The third-order valence-electron chi connectivity index (χ3n) is 6.94. The third-order valence-corrected chi connectivity index (χ3v) is 7.53. The Morgan fingerprint density at radius 3 is 2.62 bits per heavy atom. The van der Waals surface area contributed by atoms with E-state index in [-0.39, 0.29) is 40.9 Å². The first-order chi connectivity index (χ1) is 17.4. The predicted molar refractivity (Wildman–Crippen MR) is 150 cm³/mol. The van der Waals surface area contributed by atoms with Crippen molar-refractivity contribution in [3.63, 3.8) is 0 Å². The molecule has 0 unspecified atom stereocenters. The van der Waals surface area contributed by atoms with E-state index in [1.54, 1.807) is 6.20 Å². The molecule has 192 valence electrons. The number of thiol groups is 1. The van der Waals surface area contributed by atoms with Gasteiger partial charge in [0.25, 0.3) is 0 Å². The topological polar surface area (TPSA) is 99.2 Å². The molecule has 0 aromatic carbocycles. The van der Waals surface area contributed by atoms with Gasteiger partial charge in [-0.15, -0.1) is 0 Å². The van der Waals surface area contributed by atoms with E-state index in [1.807, 2.05) is 49.2 Å². The molecule has 0 bridgehead atoms. The van der Waals surface area contributed by atoms with Crippen LogP contribution in [0.2, 0.25) is 5.79 Å². The molecule has 1 fully saturated rings. The standard InChI is InChI=1S/C25H29N8O.CH3.Al.H2S/c1-15-8-20(9-16(2)29-15)30-25-28-12-19-13-32(14-22(19)31-25)21-5-7-33(17(3)10-21)24(34)18-4-6-27-23(26)11-18;;;/h4,6,8-9,11-12,17,21H,5,7,10,13-14H2,1-3H3,(H2-,26,27,28,29,30,31);1H3;;1H2/q-1;;+2;/p-1/t17-,21+;;;/m1.../s1. The maximum atomic E-state index is 13.2. The fourth-order valence-corrected chi connectivity index (χ4v) is 5.72. The second-order valence-electron chi connectivity index (χ2n) is 9.72. The first-order valence-corrected chi connectivity index (χ1v) is 14.3. The van der Waals surface area contributed by atoms with Crippen LogP contribution in [0.15, 0.2) is 36.7 Å². The van der Waals surface area contributed by atoms with Crippen LogP contribution >= 0.6 is 0 Å². The van der Waals surface area contributed by atoms with Crippen LogP contribution in [0.5, 0.6) is 0 Å². The molecule has 37 heavy (non-hydrogen) atoms. The molecule has 9 nitrogen and oxygen atoms in total. The summed E-state index contributed by atoms with van der Waals surface area (Å²) in [6.07, 6.45) is 5.56. The molecule has 3 aromatic heterocycles. The number of aromatic nitrogens is 4. The molecular formula is C26H33AlN8OS. The number of likely N-dealkylation sites (tertiary alicyclic amines) is 1. The van der Waals surface area contributed by atoms with Gasteiger partial charge in [-0.2, -0.15) is 0 Å². The van der Waals surface area contributed by atoms with E-state index < -0.39 is 0 Å². The SMILES string of the molecule is [CH3][Al+][NH]c1cc(C(=O)N2CC[C@H](N3Cc4cnc(Nc5cc(C)nc(C)c5)nc4C3)C[C@H]2C)ccn1.[SH-]. The second-order valence-corrected chi connectivity index (χ2v) is 10.6. The third kappa shape index (κ3) is 6.24. The van der Waals surface area contributed by atoms with E-state index in [1.165, 1.54) is 5.56 Å². The Bertz CT molecular complexity index is 1250. The van der Waals surface area contributed by atoms with Crippen molar-refractivity contribution < 1.29 is 4.79 Å². The minimum atomic E-state index is 0. The molecule has 0 radical (unpaired) electrons. The number of piperidine rings is 1. The summed E-state index contributed by atoms with van der Waals surface area (Å²) in [5.41, 5.74) is 5.85. The molecule has 3 aromatic rings. The van der Waals surface area contributed by atoms with Gasteiger partial charge in [0.1, 0.15) is 0 Å². The van der Waals surface area contributed by atoms with Crippen molar-refractivity contribution >= 4 is 52.3 Å². The van der Waals surface area contributed by atoms with Crippen molar-refractivity contribution in [2.75, 3.05) is 16.2 Å². The molecular weight excluding hydrogens is 499 g/mol. The van der Waals surface area contributed by atoms with E-state index in [4.69, 9.17) is 4.98 Å². The number of hydrogen-bond acceptors (Lipinski definition) is 9. The average molecular weight is 533 g/mol. The monoisotopic (exact) mass is 532 g/mol. The summed E-state index contributed by atoms with van der Waals surface area (Å²) in [7, 11) is 0. The van der Waals surface area contributed by atoms with Gasteiger partial charge in [-0.25, -0.2) is 9.97 Å². The van der Waals surface area contributed by atoms with Crippen molar-refractivity contribution in [2.45, 2.75) is 64.6 Å². The van der Waals surface area contributed by atoms with Gasteiger partial charge in [-0.3, -0.25) is 4.98 Å². The van der Waals surface area contributed by atoms with Crippen molar-refractivity contribution in [2.24, 2.45) is 0 Å². The number of nitrogens with one attached hydrogen (secondary N) is 2. The first kappa shape index (κ1) is 27.3.